The summed E-state index contributed by atoms with van der Waals surface area (Å²) in [5.41, 5.74) is 0. The van der Waals surface area contributed by atoms with Gasteiger partial charge in [0.2, 0.25) is 11.8 Å². The lowest BCUT2D eigenvalue weighted by atomic mass is 9.94. The molecule has 0 aromatic heterocycles. The minimum absolute atomic E-state index is 0.0553. The fourth-order valence-electron chi connectivity index (χ4n) is 7.43. The number of unbranched alkanes of at least 4 members (excludes halogenated alkanes) is 5. The van der Waals surface area contributed by atoms with Crippen molar-refractivity contribution in [2.45, 2.75) is 182 Å². The van der Waals surface area contributed by atoms with E-state index >= 15 is 0 Å². The number of amides is 2. The Morgan fingerprint density at radius 1 is 0.541 bits per heavy atom. The number of aliphatic carboxylic acids is 1. The Morgan fingerprint density at radius 2 is 1.03 bits per heavy atom. The minimum atomic E-state index is -2.29. The van der Waals surface area contributed by atoms with E-state index in [-0.39, 0.29) is 6.61 Å². The molecule has 0 bridgehead atoms. The maximum Gasteiger partial charge on any atom is 0.338 e. The molecule has 0 aromatic rings. The number of ether oxygens (including phenoxy) is 8. The van der Waals surface area contributed by atoms with Gasteiger partial charge in [0.1, 0.15) is 85.3 Å². The average molecular weight is 889 g/mol. The molecule has 2 amide bonds. The molecule has 352 valence electrons. The highest BCUT2D eigenvalue weighted by Crippen LogP contribution is 2.35. The van der Waals surface area contributed by atoms with E-state index in [1.165, 1.54) is 0 Å². The molecule has 20 atom stereocenters. The van der Waals surface area contributed by atoms with E-state index in [4.69, 9.17) is 37.9 Å². The summed E-state index contributed by atoms with van der Waals surface area (Å²) in [5, 5.41) is 122. The third-order valence-electron chi connectivity index (χ3n) is 10.7. The predicted octanol–water partition coefficient (Wildman–Crippen LogP) is -6.46. The van der Waals surface area contributed by atoms with Gasteiger partial charge in [-0.15, -0.1) is 0 Å². The molecule has 4 saturated heterocycles. The Morgan fingerprint density at radius 3 is 1.59 bits per heavy atom. The lowest BCUT2D eigenvalue weighted by molar-refractivity contribution is -0.368. The van der Waals surface area contributed by atoms with Crippen molar-refractivity contribution in [3.05, 3.63) is 0 Å². The van der Waals surface area contributed by atoms with Crippen molar-refractivity contribution in [3.63, 3.8) is 0 Å². The number of esters is 1. The summed E-state index contributed by atoms with van der Waals surface area (Å²) in [6.45, 7) is 2.20. The second-order valence-corrected chi connectivity index (χ2v) is 15.3. The van der Waals surface area contributed by atoms with Crippen LogP contribution in [0.25, 0.3) is 0 Å². The monoisotopic (exact) mass is 888 g/mol. The van der Waals surface area contributed by atoms with Gasteiger partial charge in [-0.3, -0.25) is 9.59 Å². The molecule has 4 rings (SSSR count). The van der Waals surface area contributed by atoms with E-state index in [9.17, 15) is 75.3 Å². The summed E-state index contributed by atoms with van der Waals surface area (Å²) >= 11 is 0. The van der Waals surface area contributed by atoms with E-state index in [2.05, 4.69) is 17.6 Å². The Balaban J connectivity index is 1.56. The van der Waals surface area contributed by atoms with Crippen LogP contribution in [0.2, 0.25) is 0 Å². The first kappa shape index (κ1) is 50.8. The molecule has 61 heavy (non-hydrogen) atoms. The lowest BCUT2D eigenvalue weighted by Crippen LogP contribution is -2.70. The Bertz CT molecular complexity index is 1430. The van der Waals surface area contributed by atoms with Gasteiger partial charge in [0, 0.05) is 13.8 Å². The van der Waals surface area contributed by atoms with Crippen molar-refractivity contribution >= 4 is 23.8 Å². The molecule has 0 aliphatic carbocycles. The smallest absolute Gasteiger partial charge is 0.338 e. The number of hydrogen-bond acceptors (Lipinski definition) is 22. The fourth-order valence-corrected chi connectivity index (χ4v) is 7.43. The van der Waals surface area contributed by atoms with Gasteiger partial charge in [0.05, 0.1) is 19.8 Å². The van der Waals surface area contributed by atoms with Gasteiger partial charge >= 0.3 is 11.9 Å². The number of carboxylic acids is 1. The molecule has 0 unspecified atom stereocenters. The second kappa shape index (κ2) is 23.2. The van der Waals surface area contributed by atoms with E-state index in [0.29, 0.717) is 6.42 Å². The van der Waals surface area contributed by atoms with Crippen LogP contribution in [-0.2, 0) is 57.1 Å². The first-order valence-electron chi connectivity index (χ1n) is 20.0. The van der Waals surface area contributed by atoms with Crippen LogP contribution >= 0.6 is 0 Å². The molecule has 0 aromatic carbocycles. The average Bonchev–Trinajstić information content (AvgIpc) is 3.21. The van der Waals surface area contributed by atoms with Crippen LogP contribution < -0.4 is 10.6 Å². The van der Waals surface area contributed by atoms with E-state index < -0.39 is 160 Å². The molecular weight excluding hydrogens is 828 g/mol. The maximum absolute atomic E-state index is 13.0. The summed E-state index contributed by atoms with van der Waals surface area (Å²) < 4.78 is 44.3. The second-order valence-electron chi connectivity index (χ2n) is 15.3. The van der Waals surface area contributed by atoms with Crippen LogP contribution in [0.3, 0.4) is 0 Å². The highest BCUT2D eigenvalue weighted by molar-refractivity contribution is 5.76. The molecule has 4 heterocycles. The molecule has 25 nitrogen and oxygen atoms in total. The number of aliphatic hydroxyl groups excluding tert-OH is 10. The number of rotatable bonds is 19. The van der Waals surface area contributed by atoms with Crippen molar-refractivity contribution in [2.24, 2.45) is 0 Å². The molecule has 4 fully saturated rings. The zero-order valence-electron chi connectivity index (χ0n) is 33.7. The number of carboxylic acid groups (broad SMARTS) is 1. The topological polar surface area (TPSA) is 389 Å². The van der Waals surface area contributed by atoms with Crippen LogP contribution in [0, 0.1) is 0 Å². The molecule has 25 heteroatoms. The first-order valence-corrected chi connectivity index (χ1v) is 20.0. The standard InChI is InChI=1S/C36H60N2O23/c1-4-5-6-7-8-9-10-54-33(53)29-22(46)21(45)24(48)35(60-29)58-27-18(38-14(3)42)34(56-16(12-40)20(27)44)59-28-23(47)25(49)36(61-30(28)31(50)51)57-26-17(37-13(2)41)32(52)55-15(11-39)19(26)43/h15-30,32,34-36,39-40,43-49,52H,4-12H2,1-3H3,(H,37,41)(H,38,42)(H,50,51)/t15-,16-,17-,18-,19-,20-,21+,22+,23-,24-,25-,26-,27-,28+,29+,30+,32-,34+,35-,36-/m1/s1. The predicted molar refractivity (Wildman–Crippen MR) is 195 cm³/mol. The van der Waals surface area contributed by atoms with Crippen LogP contribution in [0.4, 0.5) is 0 Å². The molecule has 13 N–H and O–H groups in total. The normalized spacial score (nSPS) is 41.7. The number of nitrogens with one attached hydrogen (secondary N) is 2. The van der Waals surface area contributed by atoms with Gasteiger partial charge in [-0.2, -0.15) is 0 Å². The lowest BCUT2D eigenvalue weighted by Gasteiger charge is -2.49. The Labute approximate surface area is 349 Å². The highest BCUT2D eigenvalue weighted by atomic mass is 16.8. The third kappa shape index (κ3) is 12.5. The fraction of sp³-hybridized carbons (Fsp3) is 0.889. The van der Waals surface area contributed by atoms with Crippen molar-refractivity contribution in [2.75, 3.05) is 19.8 Å². The number of carbonyl (C=O) groups is 4. The van der Waals surface area contributed by atoms with Crippen molar-refractivity contribution in [1.82, 2.24) is 10.6 Å². The quantitative estimate of drug-likeness (QED) is 0.0424. The summed E-state index contributed by atoms with van der Waals surface area (Å²) in [6, 6.07) is -3.34. The van der Waals surface area contributed by atoms with Gasteiger partial charge < -0.3 is 105 Å². The van der Waals surface area contributed by atoms with Crippen LogP contribution in [0.5, 0.6) is 0 Å². The van der Waals surface area contributed by atoms with Gasteiger partial charge in [-0.05, 0) is 6.42 Å². The zero-order chi connectivity index (χ0) is 45.3. The summed E-state index contributed by atoms with van der Waals surface area (Å²) in [5.74, 6) is -4.55. The molecular formula is C36H60N2O23. The number of aliphatic hydroxyl groups is 10. The van der Waals surface area contributed by atoms with E-state index in [0.717, 1.165) is 46.0 Å². The molecule has 0 saturated carbocycles. The van der Waals surface area contributed by atoms with Crippen LogP contribution in [0.15, 0.2) is 0 Å². The highest BCUT2D eigenvalue weighted by Gasteiger charge is 2.57. The first-order chi connectivity index (χ1) is 28.9. The van der Waals surface area contributed by atoms with Crippen molar-refractivity contribution < 1.29 is 113 Å². The van der Waals surface area contributed by atoms with Crippen molar-refractivity contribution in [1.29, 1.82) is 0 Å². The van der Waals surface area contributed by atoms with Crippen LogP contribution in [-0.4, -0.2) is 222 Å². The third-order valence-corrected chi connectivity index (χ3v) is 10.7. The maximum atomic E-state index is 13.0. The molecule has 4 aliphatic heterocycles. The molecule has 0 spiro atoms. The number of hydrogen-bond donors (Lipinski definition) is 13. The summed E-state index contributed by atoms with van der Waals surface area (Å²) in [7, 11) is 0. The van der Waals surface area contributed by atoms with Gasteiger partial charge in [0.15, 0.2) is 37.4 Å². The van der Waals surface area contributed by atoms with Gasteiger partial charge in [-0.1, -0.05) is 39.0 Å². The van der Waals surface area contributed by atoms with E-state index in [1.54, 1.807) is 0 Å². The number of carbonyl (C=O) groups excluding carboxylic acids is 3. The molecule has 4 aliphatic rings. The van der Waals surface area contributed by atoms with Gasteiger partial charge in [-0.25, -0.2) is 9.59 Å². The van der Waals surface area contributed by atoms with Crippen LogP contribution in [0.1, 0.15) is 59.3 Å². The largest absolute Gasteiger partial charge is 0.479 e. The van der Waals surface area contributed by atoms with Gasteiger partial charge in [0.25, 0.3) is 0 Å². The summed E-state index contributed by atoms with van der Waals surface area (Å²) in [4.78, 5) is 50.0. The summed E-state index contributed by atoms with van der Waals surface area (Å²) in [6.07, 6.45) is -30.6. The zero-order valence-corrected chi connectivity index (χ0v) is 33.7. The SMILES string of the molecule is CCCCCCCCOC(=O)[C@H]1O[C@@H](O[C@H]2[C@H](O)[C@@H](CO)O[C@@H](O[C@H]3[C@H](O)[C@@H](O)[C@H](O[C@H]4[C@H](O)[C@@H](CO)O[C@@H](O)[C@@H]4NC(C)=O)O[C@@H]3C(=O)O)[C@@H]2NC(C)=O)[C@H](O)[C@@H](O)[C@@H]1O. The van der Waals surface area contributed by atoms with Crippen molar-refractivity contribution in [3.8, 4) is 0 Å². The molecule has 0 radical (unpaired) electrons. The Kier molecular flexibility index (Phi) is 19.4. The minimum Gasteiger partial charge on any atom is -0.479 e. The Hall–Kier alpha value is -2.80. The van der Waals surface area contributed by atoms with E-state index in [1.807, 2.05) is 0 Å².